The molecule has 0 N–H and O–H groups in total. The van der Waals surface area contributed by atoms with Crippen LogP contribution >= 0.6 is 0 Å². The summed E-state index contributed by atoms with van der Waals surface area (Å²) in [7, 11) is 0. The second-order valence-corrected chi connectivity index (χ2v) is 4.03. The maximum atomic E-state index is 4.46. The van der Waals surface area contributed by atoms with Crippen LogP contribution in [0.2, 0.25) is 0 Å². The summed E-state index contributed by atoms with van der Waals surface area (Å²) in [6.45, 7) is 6.43. The van der Waals surface area contributed by atoms with Gasteiger partial charge in [0.15, 0.2) is 0 Å². The van der Waals surface area contributed by atoms with E-state index in [9.17, 15) is 0 Å². The minimum absolute atomic E-state index is 0.521. The number of imidazole rings is 1. The van der Waals surface area contributed by atoms with Crippen molar-refractivity contribution in [3.8, 4) is 5.82 Å². The molecule has 0 aromatic carbocycles. The first kappa shape index (κ1) is 9.90. The second-order valence-electron chi connectivity index (χ2n) is 4.03. The van der Waals surface area contributed by atoms with Gasteiger partial charge in [0, 0.05) is 18.6 Å². The summed E-state index contributed by atoms with van der Waals surface area (Å²) < 4.78 is 1.93. The van der Waals surface area contributed by atoms with Crippen LogP contribution in [0.15, 0.2) is 31.0 Å². The van der Waals surface area contributed by atoms with Crippen molar-refractivity contribution < 1.29 is 0 Å². The molecule has 15 heavy (non-hydrogen) atoms. The molecule has 2 heterocycles. The van der Waals surface area contributed by atoms with E-state index in [4.69, 9.17) is 0 Å². The Balaban J connectivity index is 2.44. The predicted octanol–water partition coefficient (Wildman–Crippen LogP) is 2.70. The Hall–Kier alpha value is -1.64. The maximum Gasteiger partial charge on any atom is 0.140 e. The quantitative estimate of drug-likeness (QED) is 0.748. The molecule has 0 atom stereocenters. The SMILES string of the molecule is Cc1cc(C(C)C)cnc1-n1ccnc1. The highest BCUT2D eigenvalue weighted by Crippen LogP contribution is 2.18. The first-order valence-electron chi connectivity index (χ1n) is 5.13. The van der Waals surface area contributed by atoms with E-state index in [-0.39, 0.29) is 0 Å². The molecule has 0 saturated carbocycles. The van der Waals surface area contributed by atoms with Gasteiger partial charge in [-0.2, -0.15) is 0 Å². The van der Waals surface area contributed by atoms with Gasteiger partial charge in [-0.1, -0.05) is 19.9 Å². The fourth-order valence-electron chi connectivity index (χ4n) is 1.56. The van der Waals surface area contributed by atoms with Crippen molar-refractivity contribution >= 4 is 0 Å². The summed E-state index contributed by atoms with van der Waals surface area (Å²) in [6, 6.07) is 2.19. The normalized spacial score (nSPS) is 10.9. The zero-order valence-corrected chi connectivity index (χ0v) is 9.31. The van der Waals surface area contributed by atoms with Gasteiger partial charge in [-0.25, -0.2) is 9.97 Å². The van der Waals surface area contributed by atoms with E-state index < -0.39 is 0 Å². The molecule has 0 aliphatic heterocycles. The lowest BCUT2D eigenvalue weighted by Crippen LogP contribution is -2.00. The molecule has 2 aromatic heterocycles. The molecule has 0 aliphatic carbocycles. The highest BCUT2D eigenvalue weighted by atomic mass is 15.1. The molecule has 0 fully saturated rings. The lowest BCUT2D eigenvalue weighted by molar-refractivity contribution is 0.847. The van der Waals surface area contributed by atoms with Crippen LogP contribution in [0.5, 0.6) is 0 Å². The predicted molar refractivity (Wildman–Crippen MR) is 60.2 cm³/mol. The van der Waals surface area contributed by atoms with Crippen LogP contribution in [0, 0.1) is 6.92 Å². The summed E-state index contributed by atoms with van der Waals surface area (Å²) >= 11 is 0. The van der Waals surface area contributed by atoms with Gasteiger partial charge < -0.3 is 0 Å². The van der Waals surface area contributed by atoms with Gasteiger partial charge in [0.2, 0.25) is 0 Å². The second kappa shape index (κ2) is 3.85. The van der Waals surface area contributed by atoms with Crippen molar-refractivity contribution in [2.75, 3.05) is 0 Å². The van der Waals surface area contributed by atoms with Crippen molar-refractivity contribution in [3.63, 3.8) is 0 Å². The number of aromatic nitrogens is 3. The highest BCUT2D eigenvalue weighted by Gasteiger charge is 2.05. The minimum Gasteiger partial charge on any atom is -0.290 e. The first-order chi connectivity index (χ1) is 7.18. The molecule has 0 spiro atoms. The fraction of sp³-hybridized carbons (Fsp3) is 0.333. The van der Waals surface area contributed by atoms with E-state index in [2.05, 4.69) is 36.8 Å². The smallest absolute Gasteiger partial charge is 0.140 e. The van der Waals surface area contributed by atoms with Gasteiger partial charge in [0.1, 0.15) is 12.1 Å². The fourth-order valence-corrected chi connectivity index (χ4v) is 1.56. The van der Waals surface area contributed by atoms with Crippen LogP contribution in [-0.4, -0.2) is 14.5 Å². The van der Waals surface area contributed by atoms with Gasteiger partial charge >= 0.3 is 0 Å². The number of aryl methyl sites for hydroxylation is 1. The summed E-state index contributed by atoms with van der Waals surface area (Å²) in [5, 5.41) is 0. The molecule has 0 saturated heterocycles. The van der Waals surface area contributed by atoms with Gasteiger partial charge in [0.25, 0.3) is 0 Å². The number of hydrogen-bond acceptors (Lipinski definition) is 2. The van der Waals surface area contributed by atoms with Gasteiger partial charge in [-0.15, -0.1) is 0 Å². The van der Waals surface area contributed by atoms with Crippen LogP contribution < -0.4 is 0 Å². The number of nitrogens with zero attached hydrogens (tertiary/aromatic N) is 3. The lowest BCUT2D eigenvalue weighted by Gasteiger charge is -2.09. The van der Waals surface area contributed by atoms with Crippen LogP contribution in [0.3, 0.4) is 0 Å². The average molecular weight is 201 g/mol. The number of pyridine rings is 1. The maximum absolute atomic E-state index is 4.46. The molecule has 0 bridgehead atoms. The summed E-state index contributed by atoms with van der Waals surface area (Å²) in [5.74, 6) is 1.48. The lowest BCUT2D eigenvalue weighted by atomic mass is 10.0. The topological polar surface area (TPSA) is 30.7 Å². The van der Waals surface area contributed by atoms with Crippen LogP contribution in [-0.2, 0) is 0 Å². The molecule has 3 heteroatoms. The van der Waals surface area contributed by atoms with Crippen LogP contribution in [0.25, 0.3) is 5.82 Å². The zero-order chi connectivity index (χ0) is 10.8. The molecular formula is C12H15N3. The minimum atomic E-state index is 0.521. The first-order valence-corrected chi connectivity index (χ1v) is 5.13. The van der Waals surface area contributed by atoms with Crippen LogP contribution in [0.1, 0.15) is 30.9 Å². The monoisotopic (exact) mass is 201 g/mol. The number of hydrogen-bond donors (Lipinski definition) is 0. The number of rotatable bonds is 2. The van der Waals surface area contributed by atoms with Crippen molar-refractivity contribution in [1.29, 1.82) is 0 Å². The molecule has 78 valence electrons. The van der Waals surface area contributed by atoms with E-state index in [1.165, 1.54) is 11.1 Å². The van der Waals surface area contributed by atoms with Crippen molar-refractivity contribution in [2.45, 2.75) is 26.7 Å². The van der Waals surface area contributed by atoms with E-state index >= 15 is 0 Å². The molecule has 3 nitrogen and oxygen atoms in total. The third-order valence-electron chi connectivity index (χ3n) is 2.49. The van der Waals surface area contributed by atoms with Crippen molar-refractivity contribution in [2.24, 2.45) is 0 Å². The van der Waals surface area contributed by atoms with Crippen molar-refractivity contribution in [1.82, 2.24) is 14.5 Å². The molecule has 0 amide bonds. The molecular weight excluding hydrogens is 186 g/mol. The Morgan fingerprint density at radius 3 is 2.67 bits per heavy atom. The Labute approximate surface area is 89.8 Å². The van der Waals surface area contributed by atoms with E-state index in [1.54, 1.807) is 12.5 Å². The molecule has 2 rings (SSSR count). The molecule has 2 aromatic rings. The Kier molecular flexibility index (Phi) is 2.54. The van der Waals surface area contributed by atoms with Gasteiger partial charge in [0.05, 0.1) is 0 Å². The Bertz CT molecular complexity index is 444. The molecule has 0 unspecified atom stereocenters. The van der Waals surface area contributed by atoms with Crippen molar-refractivity contribution in [3.05, 3.63) is 42.1 Å². The zero-order valence-electron chi connectivity index (χ0n) is 9.31. The summed E-state index contributed by atoms with van der Waals surface area (Å²) in [4.78, 5) is 8.49. The molecule has 0 radical (unpaired) electrons. The summed E-state index contributed by atoms with van der Waals surface area (Å²) in [5.41, 5.74) is 2.45. The van der Waals surface area contributed by atoms with E-state index in [0.29, 0.717) is 5.92 Å². The van der Waals surface area contributed by atoms with Gasteiger partial charge in [-0.3, -0.25) is 4.57 Å². The molecule has 0 aliphatic rings. The highest BCUT2D eigenvalue weighted by molar-refractivity contribution is 5.36. The third kappa shape index (κ3) is 1.91. The van der Waals surface area contributed by atoms with Crippen LogP contribution in [0.4, 0.5) is 0 Å². The van der Waals surface area contributed by atoms with E-state index in [1.807, 2.05) is 17.0 Å². The standard InChI is InChI=1S/C12H15N3/c1-9(2)11-6-10(3)12(14-7-11)15-5-4-13-8-15/h4-9H,1-3H3. The summed E-state index contributed by atoms with van der Waals surface area (Å²) in [6.07, 6.45) is 7.37. The third-order valence-corrected chi connectivity index (χ3v) is 2.49. The van der Waals surface area contributed by atoms with Gasteiger partial charge in [-0.05, 0) is 24.0 Å². The largest absolute Gasteiger partial charge is 0.290 e. The Morgan fingerprint density at radius 1 is 1.33 bits per heavy atom. The Morgan fingerprint density at radius 2 is 2.13 bits per heavy atom. The average Bonchev–Trinajstić information content (AvgIpc) is 2.70. The van der Waals surface area contributed by atoms with E-state index in [0.717, 1.165) is 5.82 Å².